The van der Waals surface area contributed by atoms with Gasteiger partial charge < -0.3 is 9.84 Å². The van der Waals surface area contributed by atoms with Crippen LogP contribution in [0.3, 0.4) is 0 Å². The van der Waals surface area contributed by atoms with E-state index in [0.717, 1.165) is 49.6 Å². The van der Waals surface area contributed by atoms with Crippen LogP contribution in [-0.4, -0.2) is 48.2 Å². The van der Waals surface area contributed by atoms with E-state index in [1.165, 1.54) is 5.56 Å². The first-order chi connectivity index (χ1) is 15.1. The largest absolute Gasteiger partial charge is 0.497 e. The van der Waals surface area contributed by atoms with Gasteiger partial charge in [0.2, 0.25) is 0 Å². The SMILES string of the molecule is COc1ccc(CN2CCN(C(c3cccc(Cl)c3)C(O)c3ccccc3)CC2)cc1.Cl. The average molecular weight is 473 g/mol. The van der Waals surface area contributed by atoms with Gasteiger partial charge in [-0.3, -0.25) is 9.80 Å². The molecular weight excluding hydrogens is 443 g/mol. The van der Waals surface area contributed by atoms with E-state index in [0.29, 0.717) is 5.02 Å². The minimum Gasteiger partial charge on any atom is -0.497 e. The van der Waals surface area contributed by atoms with Gasteiger partial charge >= 0.3 is 0 Å². The number of hydrogen-bond donors (Lipinski definition) is 1. The van der Waals surface area contributed by atoms with E-state index in [1.54, 1.807) is 7.11 Å². The number of aliphatic hydroxyl groups excluding tert-OH is 1. The van der Waals surface area contributed by atoms with Crippen LogP contribution in [-0.2, 0) is 6.54 Å². The molecule has 0 aromatic heterocycles. The van der Waals surface area contributed by atoms with E-state index in [-0.39, 0.29) is 18.4 Å². The summed E-state index contributed by atoms with van der Waals surface area (Å²) < 4.78 is 5.26. The smallest absolute Gasteiger partial charge is 0.118 e. The molecule has 1 N–H and O–H groups in total. The third-order valence-corrected chi connectivity index (χ3v) is 6.23. The highest BCUT2D eigenvalue weighted by Crippen LogP contribution is 2.35. The summed E-state index contributed by atoms with van der Waals surface area (Å²) >= 11 is 6.30. The van der Waals surface area contributed by atoms with Crippen molar-refractivity contribution < 1.29 is 9.84 Å². The van der Waals surface area contributed by atoms with Crippen LogP contribution in [0.5, 0.6) is 5.75 Å². The van der Waals surface area contributed by atoms with Gasteiger partial charge in [-0.25, -0.2) is 0 Å². The third-order valence-electron chi connectivity index (χ3n) is 6.00. The van der Waals surface area contributed by atoms with Gasteiger partial charge in [-0.15, -0.1) is 12.4 Å². The molecule has 0 bridgehead atoms. The minimum atomic E-state index is -0.618. The Hall–Kier alpha value is -2.08. The van der Waals surface area contributed by atoms with Crippen molar-refractivity contribution in [1.29, 1.82) is 0 Å². The molecule has 170 valence electrons. The lowest BCUT2D eigenvalue weighted by atomic mass is 9.93. The van der Waals surface area contributed by atoms with E-state index in [9.17, 15) is 5.11 Å². The zero-order valence-corrected chi connectivity index (χ0v) is 19.8. The summed E-state index contributed by atoms with van der Waals surface area (Å²) in [5.74, 6) is 0.882. The van der Waals surface area contributed by atoms with Crippen LogP contribution in [0.25, 0.3) is 0 Å². The molecule has 3 aromatic rings. The molecule has 4 rings (SSSR count). The van der Waals surface area contributed by atoms with Crippen molar-refractivity contribution in [3.05, 3.63) is 101 Å². The number of piperazine rings is 1. The predicted octanol–water partition coefficient (Wildman–Crippen LogP) is 5.36. The number of hydrogen-bond acceptors (Lipinski definition) is 4. The summed E-state index contributed by atoms with van der Waals surface area (Å²) in [6, 6.07) is 25.9. The van der Waals surface area contributed by atoms with Crippen LogP contribution in [0.2, 0.25) is 5.02 Å². The molecule has 1 fully saturated rings. The van der Waals surface area contributed by atoms with E-state index < -0.39 is 6.10 Å². The molecular formula is C26H30Cl2N2O2. The normalized spacial score (nSPS) is 16.7. The topological polar surface area (TPSA) is 35.9 Å². The molecule has 1 aliphatic heterocycles. The summed E-state index contributed by atoms with van der Waals surface area (Å²) in [5.41, 5.74) is 3.26. The summed E-state index contributed by atoms with van der Waals surface area (Å²) in [5, 5.41) is 12.0. The highest BCUT2D eigenvalue weighted by atomic mass is 35.5. The quantitative estimate of drug-likeness (QED) is 0.501. The zero-order chi connectivity index (χ0) is 21.6. The molecule has 1 saturated heterocycles. The van der Waals surface area contributed by atoms with Gasteiger partial charge in [-0.1, -0.05) is 66.2 Å². The molecule has 2 atom stereocenters. The third kappa shape index (κ3) is 6.03. The lowest BCUT2D eigenvalue weighted by Gasteiger charge is -2.41. The van der Waals surface area contributed by atoms with Crippen LogP contribution in [0.1, 0.15) is 28.8 Å². The van der Waals surface area contributed by atoms with Crippen molar-refractivity contribution in [2.45, 2.75) is 18.7 Å². The van der Waals surface area contributed by atoms with Crippen molar-refractivity contribution in [2.75, 3.05) is 33.3 Å². The van der Waals surface area contributed by atoms with Gasteiger partial charge in [0.05, 0.1) is 19.3 Å². The monoisotopic (exact) mass is 472 g/mol. The number of methoxy groups -OCH3 is 1. The Bertz CT molecular complexity index is 961. The van der Waals surface area contributed by atoms with Gasteiger partial charge in [-0.2, -0.15) is 0 Å². The lowest BCUT2D eigenvalue weighted by molar-refractivity contribution is 0.0149. The minimum absolute atomic E-state index is 0. The van der Waals surface area contributed by atoms with Crippen molar-refractivity contribution in [1.82, 2.24) is 9.80 Å². The summed E-state index contributed by atoms with van der Waals surface area (Å²) in [6.07, 6.45) is -0.618. The van der Waals surface area contributed by atoms with Crippen molar-refractivity contribution in [2.24, 2.45) is 0 Å². The Morgan fingerprint density at radius 2 is 1.53 bits per heavy atom. The first-order valence-electron chi connectivity index (χ1n) is 10.7. The molecule has 0 saturated carbocycles. The second kappa shape index (κ2) is 11.7. The van der Waals surface area contributed by atoms with E-state index in [4.69, 9.17) is 16.3 Å². The second-order valence-corrected chi connectivity index (χ2v) is 8.45. The zero-order valence-electron chi connectivity index (χ0n) is 18.2. The maximum absolute atomic E-state index is 11.3. The van der Waals surface area contributed by atoms with E-state index >= 15 is 0 Å². The van der Waals surface area contributed by atoms with E-state index in [1.807, 2.05) is 60.7 Å². The summed E-state index contributed by atoms with van der Waals surface area (Å²) in [4.78, 5) is 4.84. The number of benzene rings is 3. The van der Waals surface area contributed by atoms with Crippen LogP contribution in [0, 0.1) is 0 Å². The predicted molar refractivity (Wildman–Crippen MR) is 133 cm³/mol. The highest BCUT2D eigenvalue weighted by molar-refractivity contribution is 6.30. The Morgan fingerprint density at radius 1 is 0.875 bits per heavy atom. The summed E-state index contributed by atoms with van der Waals surface area (Å²) in [6.45, 7) is 4.59. The molecule has 0 aliphatic carbocycles. The van der Waals surface area contributed by atoms with Crippen molar-refractivity contribution >= 4 is 24.0 Å². The van der Waals surface area contributed by atoms with Crippen LogP contribution in [0.15, 0.2) is 78.9 Å². The fraction of sp³-hybridized carbons (Fsp3) is 0.308. The fourth-order valence-corrected chi connectivity index (χ4v) is 4.50. The van der Waals surface area contributed by atoms with Gasteiger partial charge in [0, 0.05) is 37.7 Å². The van der Waals surface area contributed by atoms with Crippen LogP contribution in [0.4, 0.5) is 0 Å². The molecule has 1 heterocycles. The van der Waals surface area contributed by atoms with Gasteiger partial charge in [0.1, 0.15) is 5.75 Å². The lowest BCUT2D eigenvalue weighted by Crippen LogP contribution is -2.48. The Kier molecular flexibility index (Phi) is 8.97. The second-order valence-electron chi connectivity index (χ2n) is 8.02. The first-order valence-corrected chi connectivity index (χ1v) is 11.1. The molecule has 32 heavy (non-hydrogen) atoms. The molecule has 2 unspecified atom stereocenters. The molecule has 6 heteroatoms. The van der Waals surface area contributed by atoms with Crippen molar-refractivity contribution in [3.8, 4) is 5.75 Å². The highest BCUT2D eigenvalue weighted by Gasteiger charge is 2.31. The van der Waals surface area contributed by atoms with E-state index in [2.05, 4.69) is 28.0 Å². The number of halogens is 2. The maximum atomic E-state index is 11.3. The number of nitrogens with zero attached hydrogens (tertiary/aromatic N) is 2. The number of aliphatic hydroxyl groups is 1. The maximum Gasteiger partial charge on any atom is 0.118 e. The summed E-state index contributed by atoms with van der Waals surface area (Å²) in [7, 11) is 1.69. The van der Waals surface area contributed by atoms with Crippen LogP contribution < -0.4 is 4.74 Å². The molecule has 1 aliphatic rings. The molecule has 0 radical (unpaired) electrons. The molecule has 0 spiro atoms. The number of ether oxygens (including phenoxy) is 1. The van der Waals surface area contributed by atoms with Gasteiger partial charge in [-0.05, 0) is 41.0 Å². The molecule has 4 nitrogen and oxygen atoms in total. The first kappa shape index (κ1) is 24.6. The fourth-order valence-electron chi connectivity index (χ4n) is 4.30. The van der Waals surface area contributed by atoms with Crippen LogP contribution >= 0.6 is 24.0 Å². The Labute approximate surface area is 201 Å². The standard InChI is InChI=1S/C26H29ClN2O2.ClH/c1-31-24-12-10-20(11-13-24)19-28-14-16-29(17-15-28)25(22-8-5-9-23(27)18-22)26(30)21-6-3-2-4-7-21;/h2-13,18,25-26,30H,14-17,19H2,1H3;1H. The van der Waals surface area contributed by atoms with Crippen molar-refractivity contribution in [3.63, 3.8) is 0 Å². The number of rotatable bonds is 7. The van der Waals surface area contributed by atoms with Gasteiger partial charge in [0.15, 0.2) is 0 Å². The Morgan fingerprint density at radius 3 is 2.16 bits per heavy atom. The Balaban J connectivity index is 0.00000289. The van der Waals surface area contributed by atoms with Gasteiger partial charge in [0.25, 0.3) is 0 Å². The average Bonchev–Trinajstić information content (AvgIpc) is 2.81. The molecule has 0 amide bonds. The molecule has 3 aromatic carbocycles.